The zero-order valence-electron chi connectivity index (χ0n) is 19.1. The molecule has 0 aromatic heterocycles. The molecule has 6 rings (SSSR count). The molecule has 2 aliphatic heterocycles. The van der Waals surface area contributed by atoms with Crippen LogP contribution in [0.15, 0.2) is 40.9 Å². The van der Waals surface area contributed by atoms with E-state index in [4.69, 9.17) is 5.11 Å². The van der Waals surface area contributed by atoms with Crippen LogP contribution in [0.5, 0.6) is 0 Å². The van der Waals surface area contributed by atoms with Crippen molar-refractivity contribution in [2.45, 2.75) is 49.6 Å². The van der Waals surface area contributed by atoms with E-state index in [0.29, 0.717) is 32.1 Å². The number of fused-ring (bicyclic) bond motifs is 2. The maximum atomic E-state index is 11.9. The van der Waals surface area contributed by atoms with E-state index in [9.17, 15) is 24.0 Å². The number of aryl methyl sites for hydroxylation is 2. The fourth-order valence-electron chi connectivity index (χ4n) is 5.34. The molecule has 10 nitrogen and oxygen atoms in total. The molecular formula is C25H23BrN4O6. The molecule has 0 saturated carbocycles. The van der Waals surface area contributed by atoms with Gasteiger partial charge in [-0.25, -0.2) is 14.4 Å². The number of halogens is 1. The van der Waals surface area contributed by atoms with Gasteiger partial charge in [0.25, 0.3) is 11.8 Å². The summed E-state index contributed by atoms with van der Waals surface area (Å²) in [6.07, 6.45) is 3.51. The smallest absolute Gasteiger partial charge is 0.335 e. The van der Waals surface area contributed by atoms with Crippen LogP contribution >= 0.6 is 15.9 Å². The first-order chi connectivity index (χ1) is 17.1. The molecule has 0 bridgehead atoms. The molecule has 2 heterocycles. The Morgan fingerprint density at radius 3 is 1.72 bits per heavy atom. The predicted octanol–water partition coefficient (Wildman–Crippen LogP) is 1.97. The first kappa shape index (κ1) is 24.0. The van der Waals surface area contributed by atoms with Crippen LogP contribution < -0.4 is 21.3 Å². The summed E-state index contributed by atoms with van der Waals surface area (Å²) in [6.45, 7) is 0. The Balaban J connectivity index is 0.000000149. The summed E-state index contributed by atoms with van der Waals surface area (Å²) in [4.78, 5) is 57.1. The van der Waals surface area contributed by atoms with Crippen molar-refractivity contribution in [2.24, 2.45) is 0 Å². The van der Waals surface area contributed by atoms with Gasteiger partial charge in [-0.2, -0.15) is 0 Å². The third-order valence-corrected chi connectivity index (χ3v) is 7.77. The molecule has 11 heteroatoms. The quantitative estimate of drug-likeness (QED) is 0.339. The van der Waals surface area contributed by atoms with E-state index in [-0.39, 0.29) is 23.4 Å². The molecular weight excluding hydrogens is 532 g/mol. The third kappa shape index (κ3) is 4.23. The van der Waals surface area contributed by atoms with E-state index in [2.05, 4.69) is 43.3 Å². The fourth-order valence-corrected chi connectivity index (χ4v) is 5.75. The summed E-state index contributed by atoms with van der Waals surface area (Å²) in [5.41, 5.74) is 2.88. The average molecular weight is 555 g/mol. The molecule has 4 aliphatic rings. The molecule has 2 unspecified atom stereocenters. The molecule has 5 N–H and O–H groups in total. The van der Waals surface area contributed by atoms with Gasteiger partial charge in [0.2, 0.25) is 0 Å². The molecule has 2 aromatic rings. The topological polar surface area (TPSA) is 154 Å². The molecule has 2 aliphatic carbocycles. The maximum absolute atomic E-state index is 11.9. The summed E-state index contributed by atoms with van der Waals surface area (Å²) < 4.78 is 1.05. The highest BCUT2D eigenvalue weighted by molar-refractivity contribution is 9.10. The van der Waals surface area contributed by atoms with Crippen molar-refractivity contribution in [1.29, 1.82) is 0 Å². The van der Waals surface area contributed by atoms with Crippen LogP contribution in [0.25, 0.3) is 0 Å². The average Bonchev–Trinajstić information content (AvgIpc) is 3.26. The molecule has 2 fully saturated rings. The van der Waals surface area contributed by atoms with E-state index in [0.717, 1.165) is 27.6 Å². The lowest BCUT2D eigenvalue weighted by atomic mass is 9.77. The minimum atomic E-state index is -0.963. The van der Waals surface area contributed by atoms with Gasteiger partial charge in [-0.15, -0.1) is 0 Å². The lowest BCUT2D eigenvalue weighted by Crippen LogP contribution is -2.51. The van der Waals surface area contributed by atoms with Crippen LogP contribution in [0.2, 0.25) is 0 Å². The van der Waals surface area contributed by atoms with Gasteiger partial charge in [-0.05, 0) is 72.2 Å². The van der Waals surface area contributed by atoms with Crippen molar-refractivity contribution >= 4 is 45.8 Å². The van der Waals surface area contributed by atoms with Crippen molar-refractivity contribution in [3.05, 3.63) is 68.7 Å². The number of benzene rings is 2. The molecule has 6 amide bonds. The van der Waals surface area contributed by atoms with Gasteiger partial charge in [-0.1, -0.05) is 28.1 Å². The number of hydrogen-bond acceptors (Lipinski definition) is 5. The molecule has 36 heavy (non-hydrogen) atoms. The van der Waals surface area contributed by atoms with Gasteiger partial charge in [0, 0.05) is 17.3 Å². The van der Waals surface area contributed by atoms with E-state index < -0.39 is 23.1 Å². The Morgan fingerprint density at radius 2 is 1.25 bits per heavy atom. The minimum Gasteiger partial charge on any atom is -0.478 e. The Hall–Kier alpha value is -3.73. The summed E-state index contributed by atoms with van der Waals surface area (Å²) in [5, 5.41) is 19.0. The molecule has 2 saturated heterocycles. The number of carbonyl (C=O) groups excluding carboxylic acids is 4. The van der Waals surface area contributed by atoms with Gasteiger partial charge in [-0.3, -0.25) is 20.2 Å². The second-order valence-electron chi connectivity index (χ2n) is 9.54. The van der Waals surface area contributed by atoms with Crippen LogP contribution in [-0.2, 0) is 35.3 Å². The third-order valence-electron chi connectivity index (χ3n) is 7.28. The fraction of sp³-hybridized carbons (Fsp3) is 0.320. The highest BCUT2D eigenvalue weighted by Crippen LogP contribution is 2.33. The van der Waals surface area contributed by atoms with E-state index in [1.165, 1.54) is 11.6 Å². The largest absolute Gasteiger partial charge is 0.478 e. The van der Waals surface area contributed by atoms with Gasteiger partial charge in [0.15, 0.2) is 0 Å². The molecule has 2 atom stereocenters. The minimum absolute atomic E-state index is 0.198. The van der Waals surface area contributed by atoms with Crippen molar-refractivity contribution in [3.8, 4) is 0 Å². The standard InChI is InChI=1S/C13H12N2O4.C12H11BrN2O2/c16-10(17)8-1-2-9-6-13(4-3-7(9)5-8)11(18)14-12(19)15-13;13-9-2-1-8-6-12(4-3-7(8)5-9)10(16)14-11(17)15-12/h1-2,5H,3-4,6H2,(H,16,17)(H2,14,15,18,19);1-2,5H,3-4,6H2,(H2,14,15,16,17). The Labute approximate surface area is 214 Å². The van der Waals surface area contributed by atoms with Crippen molar-refractivity contribution in [1.82, 2.24) is 21.3 Å². The van der Waals surface area contributed by atoms with Crippen molar-refractivity contribution in [2.75, 3.05) is 0 Å². The van der Waals surface area contributed by atoms with Gasteiger partial charge < -0.3 is 15.7 Å². The van der Waals surface area contributed by atoms with Crippen LogP contribution in [0.3, 0.4) is 0 Å². The van der Waals surface area contributed by atoms with Crippen LogP contribution in [-0.4, -0.2) is 46.0 Å². The lowest BCUT2D eigenvalue weighted by molar-refractivity contribution is -0.125. The first-order valence-corrected chi connectivity index (χ1v) is 12.3. The number of carboxylic acid groups (broad SMARTS) is 1. The number of urea groups is 2. The van der Waals surface area contributed by atoms with Crippen molar-refractivity contribution in [3.63, 3.8) is 0 Å². The maximum Gasteiger partial charge on any atom is 0.335 e. The highest BCUT2D eigenvalue weighted by atomic mass is 79.9. The number of rotatable bonds is 1. The molecule has 186 valence electrons. The van der Waals surface area contributed by atoms with E-state index in [1.807, 2.05) is 12.1 Å². The first-order valence-electron chi connectivity index (χ1n) is 11.5. The summed E-state index contributed by atoms with van der Waals surface area (Å²) in [6, 6.07) is 10.1. The SMILES string of the molecule is O=C1NC(=O)C2(CCc3cc(Br)ccc3C2)N1.O=C1NC(=O)C2(CCc3cc(C(=O)O)ccc3C2)N1. The number of amides is 6. The number of carboxylic acids is 1. The van der Waals surface area contributed by atoms with E-state index in [1.54, 1.807) is 12.1 Å². The second-order valence-corrected chi connectivity index (χ2v) is 10.5. The zero-order chi connectivity index (χ0) is 25.7. The summed E-state index contributed by atoms with van der Waals surface area (Å²) in [7, 11) is 0. The van der Waals surface area contributed by atoms with Gasteiger partial charge in [0.05, 0.1) is 5.56 Å². The van der Waals surface area contributed by atoms with Crippen LogP contribution in [0.1, 0.15) is 45.5 Å². The Bertz CT molecular complexity index is 1340. The Kier molecular flexibility index (Phi) is 5.82. The van der Waals surface area contributed by atoms with Crippen LogP contribution in [0, 0.1) is 0 Å². The predicted molar refractivity (Wildman–Crippen MR) is 130 cm³/mol. The molecule has 2 aromatic carbocycles. The monoisotopic (exact) mass is 554 g/mol. The molecule has 0 radical (unpaired) electrons. The zero-order valence-corrected chi connectivity index (χ0v) is 20.7. The normalized spacial score (nSPS) is 25.7. The van der Waals surface area contributed by atoms with Gasteiger partial charge >= 0.3 is 18.0 Å². The summed E-state index contributed by atoms with van der Waals surface area (Å²) in [5.74, 6) is -1.46. The van der Waals surface area contributed by atoms with E-state index >= 15 is 0 Å². The number of carbonyl (C=O) groups is 5. The number of hydrogen-bond donors (Lipinski definition) is 5. The highest BCUT2D eigenvalue weighted by Gasteiger charge is 2.48. The number of aromatic carboxylic acids is 1. The second kappa shape index (κ2) is 8.74. The lowest BCUT2D eigenvalue weighted by Gasteiger charge is -2.31. The van der Waals surface area contributed by atoms with Crippen molar-refractivity contribution < 1.29 is 29.1 Å². The molecule has 2 spiro atoms. The van der Waals surface area contributed by atoms with Crippen LogP contribution in [0.4, 0.5) is 9.59 Å². The Morgan fingerprint density at radius 1 is 0.750 bits per heavy atom. The summed E-state index contributed by atoms with van der Waals surface area (Å²) >= 11 is 3.44. The number of imide groups is 2. The number of nitrogens with one attached hydrogen (secondary N) is 4. The van der Waals surface area contributed by atoms with Gasteiger partial charge in [0.1, 0.15) is 11.1 Å².